The standard InChI is InChI=1S/C16H19ClN4O3/c1-10-8-13(15(22)18-6-7-23-2)21-16(19-10)20-12-9-11(17)4-5-14(12)24-3/h4-5,8-9H,6-7H2,1-3H3,(H,18,22)(H,19,20,21). The van der Waals surface area contributed by atoms with Crippen molar-refractivity contribution in [2.75, 3.05) is 32.7 Å². The second kappa shape index (κ2) is 8.47. The molecule has 1 aromatic carbocycles. The van der Waals surface area contributed by atoms with Crippen LogP contribution in [0.25, 0.3) is 0 Å². The molecule has 0 aliphatic rings. The predicted molar refractivity (Wildman–Crippen MR) is 92.3 cm³/mol. The first kappa shape index (κ1) is 18.0. The average molecular weight is 351 g/mol. The Balaban J connectivity index is 2.22. The number of anilines is 2. The maximum atomic E-state index is 12.1. The van der Waals surface area contributed by atoms with Crippen molar-refractivity contribution in [1.29, 1.82) is 0 Å². The molecule has 0 radical (unpaired) electrons. The summed E-state index contributed by atoms with van der Waals surface area (Å²) in [6.45, 7) is 2.62. The zero-order valence-electron chi connectivity index (χ0n) is 13.7. The normalized spacial score (nSPS) is 10.3. The number of amides is 1. The van der Waals surface area contributed by atoms with Crippen molar-refractivity contribution in [3.8, 4) is 5.75 Å². The SMILES string of the molecule is COCCNC(=O)c1cc(C)nc(Nc2cc(Cl)ccc2OC)n1. The Morgan fingerprint density at radius 1 is 1.25 bits per heavy atom. The Morgan fingerprint density at radius 3 is 2.75 bits per heavy atom. The second-order valence-corrected chi connectivity index (χ2v) is 5.37. The van der Waals surface area contributed by atoms with Gasteiger partial charge >= 0.3 is 0 Å². The summed E-state index contributed by atoms with van der Waals surface area (Å²) >= 11 is 6.01. The van der Waals surface area contributed by atoms with Gasteiger partial charge in [0.1, 0.15) is 11.4 Å². The summed E-state index contributed by atoms with van der Waals surface area (Å²) in [4.78, 5) is 20.6. The van der Waals surface area contributed by atoms with Crippen molar-refractivity contribution in [3.05, 3.63) is 40.7 Å². The van der Waals surface area contributed by atoms with E-state index < -0.39 is 0 Å². The van der Waals surface area contributed by atoms with E-state index in [-0.39, 0.29) is 17.5 Å². The third-order valence-electron chi connectivity index (χ3n) is 3.09. The van der Waals surface area contributed by atoms with Crippen molar-refractivity contribution >= 4 is 29.1 Å². The van der Waals surface area contributed by atoms with Gasteiger partial charge in [-0.15, -0.1) is 0 Å². The van der Waals surface area contributed by atoms with Crippen LogP contribution in [-0.4, -0.2) is 43.2 Å². The number of hydrogen-bond donors (Lipinski definition) is 2. The monoisotopic (exact) mass is 350 g/mol. The van der Waals surface area contributed by atoms with Crippen LogP contribution in [0.1, 0.15) is 16.2 Å². The Morgan fingerprint density at radius 2 is 2.04 bits per heavy atom. The van der Waals surface area contributed by atoms with Gasteiger partial charge in [0.15, 0.2) is 0 Å². The van der Waals surface area contributed by atoms with Crippen LogP contribution in [0.5, 0.6) is 5.75 Å². The molecule has 0 saturated heterocycles. The highest BCUT2D eigenvalue weighted by atomic mass is 35.5. The second-order valence-electron chi connectivity index (χ2n) is 4.94. The Bertz CT molecular complexity index is 724. The van der Waals surface area contributed by atoms with Gasteiger partial charge in [0.2, 0.25) is 5.95 Å². The summed E-state index contributed by atoms with van der Waals surface area (Å²) in [5.74, 6) is 0.585. The van der Waals surface area contributed by atoms with Crippen molar-refractivity contribution in [2.45, 2.75) is 6.92 Å². The number of carbonyl (C=O) groups is 1. The van der Waals surface area contributed by atoms with Gasteiger partial charge in [-0.2, -0.15) is 0 Å². The van der Waals surface area contributed by atoms with Gasteiger partial charge in [-0.1, -0.05) is 11.6 Å². The number of carbonyl (C=O) groups excluding carboxylic acids is 1. The molecule has 2 aromatic rings. The number of aromatic nitrogens is 2. The number of ether oxygens (including phenoxy) is 2. The number of rotatable bonds is 7. The summed E-state index contributed by atoms with van der Waals surface area (Å²) < 4.78 is 10.2. The van der Waals surface area contributed by atoms with E-state index in [2.05, 4.69) is 20.6 Å². The van der Waals surface area contributed by atoms with Crippen LogP contribution in [0.15, 0.2) is 24.3 Å². The van der Waals surface area contributed by atoms with E-state index in [1.54, 1.807) is 45.4 Å². The summed E-state index contributed by atoms with van der Waals surface area (Å²) in [6, 6.07) is 6.77. The zero-order valence-corrected chi connectivity index (χ0v) is 14.5. The smallest absolute Gasteiger partial charge is 0.270 e. The lowest BCUT2D eigenvalue weighted by atomic mass is 10.3. The Kier molecular flexibility index (Phi) is 6.34. The number of halogens is 1. The van der Waals surface area contributed by atoms with Crippen LogP contribution < -0.4 is 15.4 Å². The molecule has 24 heavy (non-hydrogen) atoms. The molecule has 2 rings (SSSR count). The third-order valence-corrected chi connectivity index (χ3v) is 3.32. The molecule has 0 bridgehead atoms. The van der Waals surface area contributed by atoms with Crippen LogP contribution in [-0.2, 0) is 4.74 Å². The quantitative estimate of drug-likeness (QED) is 0.746. The van der Waals surface area contributed by atoms with Gasteiger partial charge < -0.3 is 20.1 Å². The Labute approximate surface area is 145 Å². The van der Waals surface area contributed by atoms with E-state index >= 15 is 0 Å². The molecule has 0 saturated carbocycles. The lowest BCUT2D eigenvalue weighted by Crippen LogP contribution is -2.28. The molecule has 2 N–H and O–H groups in total. The summed E-state index contributed by atoms with van der Waals surface area (Å²) in [5.41, 5.74) is 1.54. The summed E-state index contributed by atoms with van der Waals surface area (Å²) in [7, 11) is 3.13. The van der Waals surface area contributed by atoms with E-state index in [0.717, 1.165) is 0 Å². The first-order chi connectivity index (χ1) is 11.5. The first-order valence-electron chi connectivity index (χ1n) is 7.27. The molecule has 8 heteroatoms. The molecular weight excluding hydrogens is 332 g/mol. The number of benzene rings is 1. The fourth-order valence-electron chi connectivity index (χ4n) is 2.00. The minimum absolute atomic E-state index is 0.266. The first-order valence-corrected chi connectivity index (χ1v) is 7.64. The fourth-order valence-corrected chi connectivity index (χ4v) is 2.17. The van der Waals surface area contributed by atoms with Crippen LogP contribution in [0.3, 0.4) is 0 Å². The van der Waals surface area contributed by atoms with Crippen LogP contribution in [0, 0.1) is 6.92 Å². The van der Waals surface area contributed by atoms with Crippen molar-refractivity contribution in [1.82, 2.24) is 15.3 Å². The van der Waals surface area contributed by atoms with Gasteiger partial charge in [0, 0.05) is 24.4 Å². The predicted octanol–water partition coefficient (Wildman–Crippen LogP) is 2.57. The minimum atomic E-state index is -0.293. The molecule has 0 aliphatic carbocycles. The number of nitrogens with one attached hydrogen (secondary N) is 2. The van der Waals surface area contributed by atoms with Gasteiger partial charge in [0.25, 0.3) is 5.91 Å². The van der Waals surface area contributed by atoms with Crippen LogP contribution in [0.4, 0.5) is 11.6 Å². The van der Waals surface area contributed by atoms with E-state index in [1.807, 2.05) is 0 Å². The van der Waals surface area contributed by atoms with Gasteiger partial charge in [-0.05, 0) is 31.2 Å². The molecule has 1 heterocycles. The summed E-state index contributed by atoms with van der Waals surface area (Å²) in [5, 5.41) is 6.30. The molecule has 7 nitrogen and oxygen atoms in total. The molecule has 1 amide bonds. The molecule has 128 valence electrons. The zero-order chi connectivity index (χ0) is 17.5. The molecule has 0 atom stereocenters. The molecule has 0 fully saturated rings. The number of aryl methyl sites for hydroxylation is 1. The van der Waals surface area contributed by atoms with Gasteiger partial charge in [0.05, 0.1) is 19.4 Å². The topological polar surface area (TPSA) is 85.4 Å². The van der Waals surface area contributed by atoms with Crippen molar-refractivity contribution < 1.29 is 14.3 Å². The largest absolute Gasteiger partial charge is 0.495 e. The number of nitrogens with zero attached hydrogens (tertiary/aromatic N) is 2. The highest BCUT2D eigenvalue weighted by Crippen LogP contribution is 2.29. The highest BCUT2D eigenvalue weighted by Gasteiger charge is 2.12. The van der Waals surface area contributed by atoms with Crippen molar-refractivity contribution in [2.24, 2.45) is 0 Å². The Hall–Kier alpha value is -2.38. The highest BCUT2D eigenvalue weighted by molar-refractivity contribution is 6.31. The average Bonchev–Trinajstić information content (AvgIpc) is 2.54. The third kappa shape index (κ3) is 4.81. The van der Waals surface area contributed by atoms with E-state index in [9.17, 15) is 4.79 Å². The van der Waals surface area contributed by atoms with Crippen molar-refractivity contribution in [3.63, 3.8) is 0 Å². The maximum absolute atomic E-state index is 12.1. The molecule has 1 aromatic heterocycles. The van der Waals surface area contributed by atoms with E-state index in [1.165, 1.54) is 0 Å². The molecule has 0 aliphatic heterocycles. The number of hydrogen-bond acceptors (Lipinski definition) is 6. The van der Waals surface area contributed by atoms with Gasteiger partial charge in [-0.25, -0.2) is 9.97 Å². The minimum Gasteiger partial charge on any atom is -0.495 e. The molecule has 0 unspecified atom stereocenters. The maximum Gasteiger partial charge on any atom is 0.270 e. The lowest BCUT2D eigenvalue weighted by molar-refractivity contribution is 0.0932. The fraction of sp³-hybridized carbons (Fsp3) is 0.312. The van der Waals surface area contributed by atoms with Crippen LogP contribution >= 0.6 is 11.6 Å². The molecular formula is C16H19ClN4O3. The van der Waals surface area contributed by atoms with Gasteiger partial charge in [-0.3, -0.25) is 4.79 Å². The van der Waals surface area contributed by atoms with Crippen LogP contribution in [0.2, 0.25) is 5.02 Å². The number of methoxy groups -OCH3 is 2. The molecule has 0 spiro atoms. The van der Waals surface area contributed by atoms with E-state index in [4.69, 9.17) is 21.1 Å². The van der Waals surface area contributed by atoms with E-state index in [0.29, 0.717) is 35.3 Å². The lowest BCUT2D eigenvalue weighted by Gasteiger charge is -2.12. The summed E-state index contributed by atoms with van der Waals surface area (Å²) in [6.07, 6.45) is 0.